The summed E-state index contributed by atoms with van der Waals surface area (Å²) >= 11 is 0. The summed E-state index contributed by atoms with van der Waals surface area (Å²) in [6.45, 7) is 6.50. The summed E-state index contributed by atoms with van der Waals surface area (Å²) in [5.41, 5.74) is 2.32. The molecule has 130 valence electrons. The molecule has 0 atom stereocenters. The maximum absolute atomic E-state index is 12.2. The number of fused-ring (bicyclic) bond motifs is 1. The summed E-state index contributed by atoms with van der Waals surface area (Å²) in [5, 5.41) is 7.77. The molecule has 6 nitrogen and oxygen atoms in total. The van der Waals surface area contributed by atoms with Crippen LogP contribution < -0.4 is 10.2 Å². The second-order valence-electron chi connectivity index (χ2n) is 5.78. The number of rotatable bonds is 7. The van der Waals surface area contributed by atoms with Gasteiger partial charge in [0.1, 0.15) is 11.5 Å². The Kier molecular flexibility index (Phi) is 5.28. The molecule has 25 heavy (non-hydrogen) atoms. The van der Waals surface area contributed by atoms with Crippen LogP contribution in [0.25, 0.3) is 11.0 Å². The Morgan fingerprint density at radius 2 is 1.96 bits per heavy atom. The number of aromatic nitrogens is 2. The lowest BCUT2D eigenvalue weighted by molar-refractivity contribution is -0.120. The highest BCUT2D eigenvalue weighted by molar-refractivity contribution is 5.86. The molecule has 0 aliphatic rings. The van der Waals surface area contributed by atoms with Crippen LogP contribution in [0.5, 0.6) is 0 Å². The molecule has 1 N–H and O–H groups in total. The first-order chi connectivity index (χ1) is 12.2. The molecule has 1 amide bonds. The third kappa shape index (κ3) is 3.96. The third-order valence-corrected chi connectivity index (χ3v) is 4.17. The molecular formula is C19H22N4O2. The molecular weight excluding hydrogens is 316 g/mol. The summed E-state index contributed by atoms with van der Waals surface area (Å²) in [6.07, 6.45) is 2.00. The molecule has 1 aromatic carbocycles. The molecule has 0 aliphatic carbocycles. The number of amides is 1. The second-order valence-corrected chi connectivity index (χ2v) is 5.78. The molecule has 0 spiro atoms. The fraction of sp³-hybridized carbons (Fsp3) is 0.316. The Morgan fingerprint density at radius 1 is 1.16 bits per heavy atom. The number of anilines is 1. The van der Waals surface area contributed by atoms with Gasteiger partial charge >= 0.3 is 0 Å². The van der Waals surface area contributed by atoms with Gasteiger partial charge in [-0.25, -0.2) is 4.98 Å². The second kappa shape index (κ2) is 7.79. The maximum Gasteiger partial charge on any atom is 0.226 e. The number of nitrogens with zero attached hydrogens (tertiary/aromatic N) is 3. The van der Waals surface area contributed by atoms with Crippen molar-refractivity contribution in [2.24, 2.45) is 0 Å². The standard InChI is InChI=1S/C19H22N4O2/c1-3-23(4-2)18-10-9-14(12-20-18)13-21-19(24)11-16-15-7-5-6-8-17(15)25-22-16/h5-10,12H,3-4,11,13H2,1-2H3,(H,21,24). The largest absolute Gasteiger partial charge is 0.357 e. The van der Waals surface area contributed by atoms with E-state index in [0.717, 1.165) is 29.9 Å². The van der Waals surface area contributed by atoms with Crippen molar-refractivity contribution >= 4 is 22.7 Å². The van der Waals surface area contributed by atoms with Gasteiger partial charge in [0.05, 0.1) is 6.42 Å². The fourth-order valence-electron chi connectivity index (χ4n) is 2.74. The first kappa shape index (κ1) is 17.0. The average molecular weight is 338 g/mol. The van der Waals surface area contributed by atoms with Crippen molar-refractivity contribution in [3.8, 4) is 0 Å². The third-order valence-electron chi connectivity index (χ3n) is 4.17. The highest BCUT2D eigenvalue weighted by atomic mass is 16.5. The summed E-state index contributed by atoms with van der Waals surface area (Å²) in [6, 6.07) is 11.5. The number of hydrogen-bond acceptors (Lipinski definition) is 5. The Balaban J connectivity index is 1.57. The SMILES string of the molecule is CCN(CC)c1ccc(CNC(=O)Cc2noc3ccccc23)cn1. The van der Waals surface area contributed by atoms with E-state index < -0.39 is 0 Å². The van der Waals surface area contributed by atoms with E-state index in [-0.39, 0.29) is 12.3 Å². The van der Waals surface area contributed by atoms with Crippen molar-refractivity contribution < 1.29 is 9.32 Å². The highest BCUT2D eigenvalue weighted by Crippen LogP contribution is 2.18. The molecule has 0 saturated carbocycles. The van der Waals surface area contributed by atoms with Gasteiger partial charge in [-0.05, 0) is 37.6 Å². The minimum absolute atomic E-state index is 0.0909. The van der Waals surface area contributed by atoms with Crippen LogP contribution in [-0.4, -0.2) is 29.1 Å². The zero-order valence-corrected chi connectivity index (χ0v) is 14.5. The van der Waals surface area contributed by atoms with Crippen LogP contribution in [0.4, 0.5) is 5.82 Å². The Morgan fingerprint density at radius 3 is 2.68 bits per heavy atom. The minimum Gasteiger partial charge on any atom is -0.357 e. The Hall–Kier alpha value is -2.89. The zero-order chi connectivity index (χ0) is 17.6. The van der Waals surface area contributed by atoms with Gasteiger partial charge in [0, 0.05) is 31.2 Å². The smallest absolute Gasteiger partial charge is 0.226 e. The zero-order valence-electron chi connectivity index (χ0n) is 14.5. The van der Waals surface area contributed by atoms with E-state index in [0.29, 0.717) is 17.8 Å². The molecule has 3 rings (SSSR count). The van der Waals surface area contributed by atoms with E-state index in [1.54, 1.807) is 6.20 Å². The molecule has 2 heterocycles. The number of pyridine rings is 1. The Bertz CT molecular complexity index is 838. The lowest BCUT2D eigenvalue weighted by Gasteiger charge is -2.19. The number of hydrogen-bond donors (Lipinski definition) is 1. The average Bonchev–Trinajstić information content (AvgIpc) is 3.05. The normalized spacial score (nSPS) is 10.8. The summed E-state index contributed by atoms with van der Waals surface area (Å²) in [7, 11) is 0. The van der Waals surface area contributed by atoms with E-state index in [2.05, 4.69) is 34.2 Å². The van der Waals surface area contributed by atoms with Gasteiger partial charge in [-0.15, -0.1) is 0 Å². The molecule has 0 fully saturated rings. The van der Waals surface area contributed by atoms with Gasteiger partial charge in [0.2, 0.25) is 5.91 Å². The minimum atomic E-state index is -0.0909. The van der Waals surface area contributed by atoms with Gasteiger partial charge < -0.3 is 14.7 Å². The number of nitrogens with one attached hydrogen (secondary N) is 1. The van der Waals surface area contributed by atoms with Gasteiger partial charge in [0.15, 0.2) is 5.58 Å². The molecule has 0 unspecified atom stereocenters. The first-order valence-electron chi connectivity index (χ1n) is 8.51. The van der Waals surface area contributed by atoms with E-state index in [1.165, 1.54) is 0 Å². The number of carbonyl (C=O) groups excluding carboxylic acids is 1. The summed E-state index contributed by atoms with van der Waals surface area (Å²) < 4.78 is 5.22. The summed E-state index contributed by atoms with van der Waals surface area (Å²) in [5.74, 6) is 0.862. The van der Waals surface area contributed by atoms with E-state index in [4.69, 9.17) is 4.52 Å². The van der Waals surface area contributed by atoms with Crippen molar-refractivity contribution in [3.05, 3.63) is 53.9 Å². The Labute approximate surface area is 146 Å². The predicted octanol–water partition coefficient (Wildman–Crippen LogP) is 2.93. The van der Waals surface area contributed by atoms with Crippen LogP contribution in [-0.2, 0) is 17.8 Å². The van der Waals surface area contributed by atoms with Gasteiger partial charge in [-0.3, -0.25) is 4.79 Å². The van der Waals surface area contributed by atoms with Gasteiger partial charge in [-0.2, -0.15) is 0 Å². The lowest BCUT2D eigenvalue weighted by Crippen LogP contribution is -2.25. The van der Waals surface area contributed by atoms with E-state index in [9.17, 15) is 4.79 Å². The lowest BCUT2D eigenvalue weighted by atomic mass is 10.1. The molecule has 0 saturated heterocycles. The molecule has 0 bridgehead atoms. The monoisotopic (exact) mass is 338 g/mol. The van der Waals surface area contributed by atoms with Crippen molar-refractivity contribution in [2.45, 2.75) is 26.8 Å². The fourth-order valence-corrected chi connectivity index (χ4v) is 2.74. The van der Waals surface area contributed by atoms with Crippen molar-refractivity contribution in [1.29, 1.82) is 0 Å². The quantitative estimate of drug-likeness (QED) is 0.717. The van der Waals surface area contributed by atoms with Crippen molar-refractivity contribution in [3.63, 3.8) is 0 Å². The number of benzene rings is 1. The molecule has 2 aromatic heterocycles. The van der Waals surface area contributed by atoms with Crippen molar-refractivity contribution in [2.75, 3.05) is 18.0 Å². The van der Waals surface area contributed by atoms with Gasteiger partial charge in [-0.1, -0.05) is 23.4 Å². The van der Waals surface area contributed by atoms with Gasteiger partial charge in [0.25, 0.3) is 0 Å². The van der Waals surface area contributed by atoms with Crippen LogP contribution in [0, 0.1) is 0 Å². The predicted molar refractivity (Wildman–Crippen MR) is 97.4 cm³/mol. The molecule has 6 heteroatoms. The molecule has 3 aromatic rings. The van der Waals surface area contributed by atoms with Crippen LogP contribution in [0.2, 0.25) is 0 Å². The van der Waals surface area contributed by atoms with Crippen LogP contribution in [0.3, 0.4) is 0 Å². The molecule has 0 radical (unpaired) electrons. The van der Waals surface area contributed by atoms with Crippen LogP contribution in [0.15, 0.2) is 47.1 Å². The van der Waals surface area contributed by atoms with Crippen molar-refractivity contribution in [1.82, 2.24) is 15.5 Å². The first-order valence-corrected chi connectivity index (χ1v) is 8.51. The topological polar surface area (TPSA) is 71.3 Å². The number of para-hydroxylation sites is 1. The molecule has 0 aliphatic heterocycles. The maximum atomic E-state index is 12.2. The van der Waals surface area contributed by atoms with E-state index in [1.807, 2.05) is 36.4 Å². The summed E-state index contributed by atoms with van der Waals surface area (Å²) in [4.78, 5) is 18.8. The highest BCUT2D eigenvalue weighted by Gasteiger charge is 2.12. The van der Waals surface area contributed by atoms with Crippen LogP contribution >= 0.6 is 0 Å². The van der Waals surface area contributed by atoms with Crippen LogP contribution in [0.1, 0.15) is 25.1 Å². The van der Waals surface area contributed by atoms with E-state index >= 15 is 0 Å². The number of carbonyl (C=O) groups is 1.